The Balaban J connectivity index is 0.00000176. The Bertz CT molecular complexity index is 792. The van der Waals surface area contributed by atoms with E-state index in [-0.39, 0.29) is 25.7 Å². The number of para-hydroxylation sites is 1. The monoisotopic (exact) mass is 476 g/mol. The van der Waals surface area contributed by atoms with Gasteiger partial charge in [0.1, 0.15) is 0 Å². The number of nitrogens with zero attached hydrogens (tertiary/aromatic N) is 2. The van der Waals surface area contributed by atoms with Gasteiger partial charge in [0.15, 0.2) is 0 Å². The van der Waals surface area contributed by atoms with Gasteiger partial charge in [0.25, 0.3) is 0 Å². The van der Waals surface area contributed by atoms with Gasteiger partial charge in [-0.05, 0) is 25.0 Å². The first-order chi connectivity index (χ1) is 10.1. The van der Waals surface area contributed by atoms with Crippen molar-refractivity contribution in [2.24, 2.45) is 0 Å². The van der Waals surface area contributed by atoms with Gasteiger partial charge in [0.2, 0.25) is 0 Å². The molecule has 1 radical (unpaired) electrons. The molecule has 115 valence electrons. The van der Waals surface area contributed by atoms with Gasteiger partial charge >= 0.3 is 0 Å². The first-order valence-electron chi connectivity index (χ1n) is 6.55. The number of aromatic nitrogens is 2. The maximum Gasteiger partial charge on any atom is 0.0630 e. The summed E-state index contributed by atoms with van der Waals surface area (Å²) in [6, 6.07) is 10.5. The van der Waals surface area contributed by atoms with E-state index in [4.69, 9.17) is 0 Å². The second-order valence-electron chi connectivity index (χ2n) is 4.90. The molecule has 0 spiro atoms. The van der Waals surface area contributed by atoms with Crippen LogP contribution in [0.5, 0.6) is 0 Å². The zero-order valence-corrected chi connectivity index (χ0v) is 14.4. The Morgan fingerprint density at radius 1 is 1.14 bits per heavy atom. The number of benzene rings is 2. The average molecular weight is 476 g/mol. The Hall–Kier alpha value is -1.84. The predicted molar refractivity (Wildman–Crippen MR) is 77.2 cm³/mol. The van der Waals surface area contributed by atoms with Crippen molar-refractivity contribution in [3.8, 4) is 17.1 Å². The fourth-order valence-electron chi connectivity index (χ4n) is 2.47. The number of hydrogen-bond donors (Lipinski definition) is 0. The van der Waals surface area contributed by atoms with E-state index in [1.165, 1.54) is 0 Å². The van der Waals surface area contributed by atoms with Crippen LogP contribution in [0.1, 0.15) is 11.1 Å². The summed E-state index contributed by atoms with van der Waals surface area (Å²) in [6.07, 6.45) is 3.36. The summed E-state index contributed by atoms with van der Waals surface area (Å²) >= 11 is 0. The van der Waals surface area contributed by atoms with Crippen LogP contribution in [-0.4, -0.2) is 9.55 Å². The molecule has 0 N–H and O–H groups in total. The third-order valence-electron chi connectivity index (χ3n) is 3.40. The third kappa shape index (κ3) is 2.87. The molecule has 0 saturated heterocycles. The SMILES string of the molecule is Cc1cccc(C)c1-n1ccnc1-c1[c-]cc(F)cc1F.[Ir]. The van der Waals surface area contributed by atoms with E-state index in [2.05, 4.69) is 11.1 Å². The quantitative estimate of drug-likeness (QED) is 0.508. The summed E-state index contributed by atoms with van der Waals surface area (Å²) in [4.78, 5) is 4.20. The zero-order chi connectivity index (χ0) is 15.0. The minimum Gasteiger partial charge on any atom is -0.339 e. The molecule has 2 aromatic carbocycles. The first-order valence-corrected chi connectivity index (χ1v) is 6.55. The van der Waals surface area contributed by atoms with Gasteiger partial charge in [-0.1, -0.05) is 29.8 Å². The van der Waals surface area contributed by atoms with Crippen molar-refractivity contribution >= 4 is 0 Å². The van der Waals surface area contributed by atoms with Crippen LogP contribution < -0.4 is 0 Å². The van der Waals surface area contributed by atoms with E-state index in [0.717, 1.165) is 28.9 Å². The van der Waals surface area contributed by atoms with Crippen LogP contribution in [-0.2, 0) is 20.1 Å². The molecule has 0 atom stereocenters. The molecule has 0 bridgehead atoms. The standard InChI is InChI=1S/C17H13F2N2.Ir/c1-11-4-3-5-12(2)16(11)21-9-8-20-17(21)14-7-6-13(18)10-15(14)19;/h3-6,8-10H,1-2H3;/q-1;. The van der Waals surface area contributed by atoms with Gasteiger partial charge in [-0.2, -0.15) is 0 Å². The zero-order valence-electron chi connectivity index (χ0n) is 12.0. The number of imidazole rings is 1. The molecule has 3 rings (SSSR count). The minimum atomic E-state index is -0.673. The van der Waals surface area contributed by atoms with Crippen LogP contribution in [0.25, 0.3) is 17.1 Å². The largest absolute Gasteiger partial charge is 0.339 e. The first kappa shape index (κ1) is 16.5. The van der Waals surface area contributed by atoms with Crippen LogP contribution in [0.15, 0.2) is 42.7 Å². The van der Waals surface area contributed by atoms with Crippen LogP contribution in [0.3, 0.4) is 0 Å². The number of halogens is 2. The van der Waals surface area contributed by atoms with Crippen molar-refractivity contribution in [1.82, 2.24) is 9.55 Å². The molecule has 0 unspecified atom stereocenters. The predicted octanol–water partition coefficient (Wildman–Crippen LogP) is 4.23. The number of rotatable bonds is 2. The van der Waals surface area contributed by atoms with E-state index in [9.17, 15) is 8.78 Å². The molecule has 5 heteroatoms. The Morgan fingerprint density at radius 3 is 2.45 bits per heavy atom. The van der Waals surface area contributed by atoms with Crippen molar-refractivity contribution in [3.05, 3.63) is 71.6 Å². The van der Waals surface area contributed by atoms with Crippen molar-refractivity contribution in [3.63, 3.8) is 0 Å². The summed E-state index contributed by atoms with van der Waals surface area (Å²) in [5.41, 5.74) is 3.21. The molecule has 1 aromatic heterocycles. The fraction of sp³-hybridized carbons (Fsp3) is 0.118. The molecular formula is C17H13F2IrN2-. The molecule has 3 aromatic rings. The van der Waals surface area contributed by atoms with Crippen molar-refractivity contribution in [1.29, 1.82) is 0 Å². The molecule has 1 heterocycles. The summed E-state index contributed by atoms with van der Waals surface area (Å²) in [6.45, 7) is 3.97. The fourth-order valence-corrected chi connectivity index (χ4v) is 2.47. The number of aryl methyl sites for hydroxylation is 2. The van der Waals surface area contributed by atoms with Gasteiger partial charge in [0.05, 0.1) is 5.82 Å². The van der Waals surface area contributed by atoms with Crippen LogP contribution >= 0.6 is 0 Å². The molecule has 0 fully saturated rings. The Morgan fingerprint density at radius 2 is 1.82 bits per heavy atom. The van der Waals surface area contributed by atoms with E-state index >= 15 is 0 Å². The van der Waals surface area contributed by atoms with Crippen molar-refractivity contribution in [2.45, 2.75) is 13.8 Å². The van der Waals surface area contributed by atoms with Gasteiger partial charge < -0.3 is 4.57 Å². The molecule has 0 aliphatic heterocycles. The summed E-state index contributed by atoms with van der Waals surface area (Å²) in [5, 5.41) is 0. The molecule has 0 saturated carbocycles. The van der Waals surface area contributed by atoms with Gasteiger partial charge in [-0.3, -0.25) is 13.8 Å². The van der Waals surface area contributed by atoms with Gasteiger partial charge in [0, 0.05) is 49.8 Å². The maximum atomic E-state index is 14.0. The normalized spacial score (nSPS) is 10.4. The van der Waals surface area contributed by atoms with Crippen LogP contribution in [0.4, 0.5) is 8.78 Å². The minimum absolute atomic E-state index is 0. The van der Waals surface area contributed by atoms with E-state index in [1.54, 1.807) is 17.0 Å². The second kappa shape index (κ2) is 6.51. The smallest absolute Gasteiger partial charge is 0.0630 e. The Kier molecular flexibility index (Phi) is 4.89. The van der Waals surface area contributed by atoms with E-state index in [1.807, 2.05) is 32.0 Å². The van der Waals surface area contributed by atoms with Crippen LogP contribution in [0.2, 0.25) is 0 Å². The molecule has 2 nitrogen and oxygen atoms in total. The molecule has 22 heavy (non-hydrogen) atoms. The summed E-state index contributed by atoms with van der Waals surface area (Å²) in [5.74, 6) is -0.917. The van der Waals surface area contributed by atoms with E-state index < -0.39 is 11.6 Å². The summed E-state index contributed by atoms with van der Waals surface area (Å²) < 4.78 is 28.8. The molecular weight excluding hydrogens is 462 g/mol. The number of hydrogen-bond acceptors (Lipinski definition) is 1. The average Bonchev–Trinajstić information content (AvgIpc) is 2.87. The third-order valence-corrected chi connectivity index (χ3v) is 3.40. The van der Waals surface area contributed by atoms with Gasteiger partial charge in [-0.25, -0.2) is 0 Å². The van der Waals surface area contributed by atoms with Crippen molar-refractivity contribution in [2.75, 3.05) is 0 Å². The van der Waals surface area contributed by atoms with E-state index in [0.29, 0.717) is 5.82 Å². The molecule has 0 aliphatic rings. The van der Waals surface area contributed by atoms with Crippen LogP contribution in [0, 0.1) is 31.5 Å². The summed E-state index contributed by atoms with van der Waals surface area (Å²) in [7, 11) is 0. The molecule has 0 amide bonds. The maximum absolute atomic E-state index is 14.0. The topological polar surface area (TPSA) is 17.8 Å². The molecule has 0 aliphatic carbocycles. The second-order valence-corrected chi connectivity index (χ2v) is 4.90. The Labute approximate surface area is 141 Å². The van der Waals surface area contributed by atoms with Crippen molar-refractivity contribution < 1.29 is 28.9 Å². The van der Waals surface area contributed by atoms with Gasteiger partial charge in [-0.15, -0.1) is 12.1 Å².